The summed E-state index contributed by atoms with van der Waals surface area (Å²) >= 11 is 0. The van der Waals surface area contributed by atoms with Gasteiger partial charge in [-0.05, 0) is 24.8 Å². The predicted molar refractivity (Wildman–Crippen MR) is 109 cm³/mol. The number of aromatic nitrogens is 4. The maximum Gasteiger partial charge on any atom is 0.276 e. The molecule has 1 saturated heterocycles. The van der Waals surface area contributed by atoms with Crippen molar-refractivity contribution in [3.8, 4) is 17.2 Å². The van der Waals surface area contributed by atoms with E-state index in [0.717, 1.165) is 24.1 Å². The van der Waals surface area contributed by atoms with Crippen LogP contribution in [0, 0.1) is 5.92 Å². The molecule has 0 saturated carbocycles. The lowest BCUT2D eigenvalue weighted by atomic mass is 9.97. The number of carbonyl (C=O) groups excluding carboxylic acids is 1. The number of amides is 1. The number of rotatable bonds is 5. The minimum atomic E-state index is -0.0903. The first-order valence-electron chi connectivity index (χ1n) is 10.0. The van der Waals surface area contributed by atoms with Gasteiger partial charge >= 0.3 is 0 Å². The molecular formula is C22H21N5O3. The second-order valence-corrected chi connectivity index (χ2v) is 7.39. The van der Waals surface area contributed by atoms with Crippen molar-refractivity contribution in [2.24, 2.45) is 5.92 Å². The van der Waals surface area contributed by atoms with E-state index in [-0.39, 0.29) is 5.91 Å². The Kier molecular flexibility index (Phi) is 4.88. The molecule has 1 fully saturated rings. The van der Waals surface area contributed by atoms with Crippen molar-refractivity contribution in [2.75, 3.05) is 19.7 Å². The van der Waals surface area contributed by atoms with Gasteiger partial charge in [-0.15, -0.1) is 5.10 Å². The topological polar surface area (TPSA) is 85.8 Å². The van der Waals surface area contributed by atoms with Gasteiger partial charge in [-0.1, -0.05) is 35.5 Å². The maximum atomic E-state index is 12.8. The standard InChI is InChI=1S/C22H21N5O3/c28-22(18-14-19(30-25-18)17-4-2-1-3-5-17)26-11-8-16(9-12-26)15-29-21-7-6-20-23-10-13-27(20)24-21/h1-7,10,13-14,16H,8-9,11-12,15H2. The molecule has 5 rings (SSSR count). The Bertz CT molecular complexity index is 1150. The first kappa shape index (κ1) is 18.4. The lowest BCUT2D eigenvalue weighted by molar-refractivity contribution is 0.0649. The quantitative estimate of drug-likeness (QED) is 0.508. The Morgan fingerprint density at radius 2 is 1.97 bits per heavy atom. The van der Waals surface area contributed by atoms with Crippen molar-refractivity contribution in [3.63, 3.8) is 0 Å². The zero-order chi connectivity index (χ0) is 20.3. The highest BCUT2D eigenvalue weighted by atomic mass is 16.5. The van der Waals surface area contributed by atoms with E-state index in [1.807, 2.05) is 47.4 Å². The van der Waals surface area contributed by atoms with Crippen LogP contribution in [0.2, 0.25) is 0 Å². The van der Waals surface area contributed by atoms with Gasteiger partial charge in [0.2, 0.25) is 5.88 Å². The van der Waals surface area contributed by atoms with Gasteiger partial charge in [0.25, 0.3) is 5.91 Å². The normalized spacial score (nSPS) is 14.9. The monoisotopic (exact) mass is 403 g/mol. The van der Waals surface area contributed by atoms with Crippen LogP contribution >= 0.6 is 0 Å². The third kappa shape index (κ3) is 3.76. The Hall–Kier alpha value is -3.68. The number of imidazole rings is 1. The lowest BCUT2D eigenvalue weighted by Crippen LogP contribution is -2.39. The highest BCUT2D eigenvalue weighted by molar-refractivity contribution is 5.93. The van der Waals surface area contributed by atoms with Gasteiger partial charge in [0.15, 0.2) is 17.1 Å². The summed E-state index contributed by atoms with van der Waals surface area (Å²) in [7, 11) is 0. The van der Waals surface area contributed by atoms with Crippen molar-refractivity contribution in [2.45, 2.75) is 12.8 Å². The molecule has 0 unspecified atom stereocenters. The van der Waals surface area contributed by atoms with Gasteiger partial charge in [0, 0.05) is 43.2 Å². The second-order valence-electron chi connectivity index (χ2n) is 7.39. The molecule has 152 valence electrons. The van der Waals surface area contributed by atoms with E-state index in [9.17, 15) is 4.79 Å². The number of piperidine rings is 1. The Balaban J connectivity index is 1.15. The number of ether oxygens (including phenoxy) is 1. The van der Waals surface area contributed by atoms with E-state index in [2.05, 4.69) is 15.2 Å². The molecule has 4 aromatic rings. The third-order valence-corrected chi connectivity index (χ3v) is 5.39. The van der Waals surface area contributed by atoms with Gasteiger partial charge in [-0.2, -0.15) is 0 Å². The molecule has 1 aliphatic heterocycles. The Labute approximate surface area is 173 Å². The molecule has 1 aromatic carbocycles. The van der Waals surface area contributed by atoms with Crippen molar-refractivity contribution in [3.05, 3.63) is 66.6 Å². The number of hydrogen-bond acceptors (Lipinski definition) is 6. The van der Waals surface area contributed by atoms with E-state index < -0.39 is 0 Å². The van der Waals surface area contributed by atoms with Crippen LogP contribution in [0.3, 0.4) is 0 Å². The number of benzene rings is 1. The van der Waals surface area contributed by atoms with E-state index in [4.69, 9.17) is 9.26 Å². The minimum absolute atomic E-state index is 0.0903. The second kappa shape index (κ2) is 7.98. The Morgan fingerprint density at radius 3 is 2.80 bits per heavy atom. The zero-order valence-electron chi connectivity index (χ0n) is 16.3. The molecule has 4 heterocycles. The first-order chi connectivity index (χ1) is 14.8. The van der Waals surface area contributed by atoms with Crippen molar-refractivity contribution < 1.29 is 14.1 Å². The maximum absolute atomic E-state index is 12.8. The molecule has 0 spiro atoms. The largest absolute Gasteiger partial charge is 0.476 e. The summed E-state index contributed by atoms with van der Waals surface area (Å²) in [4.78, 5) is 18.8. The summed E-state index contributed by atoms with van der Waals surface area (Å²) in [5.74, 6) is 1.47. The van der Waals surface area contributed by atoms with Crippen LogP contribution in [0.1, 0.15) is 23.3 Å². The summed E-state index contributed by atoms with van der Waals surface area (Å²) in [6.45, 7) is 1.93. The number of hydrogen-bond donors (Lipinski definition) is 0. The van der Waals surface area contributed by atoms with Crippen LogP contribution in [0.4, 0.5) is 0 Å². The van der Waals surface area contributed by atoms with Gasteiger partial charge in [0.1, 0.15) is 0 Å². The average molecular weight is 403 g/mol. The lowest BCUT2D eigenvalue weighted by Gasteiger charge is -2.31. The predicted octanol–water partition coefficient (Wildman–Crippen LogP) is 3.32. The molecule has 1 aliphatic rings. The van der Waals surface area contributed by atoms with E-state index >= 15 is 0 Å². The molecule has 1 amide bonds. The van der Waals surface area contributed by atoms with Crippen molar-refractivity contribution in [1.82, 2.24) is 24.7 Å². The highest BCUT2D eigenvalue weighted by Crippen LogP contribution is 2.23. The SMILES string of the molecule is O=C(c1cc(-c2ccccc2)on1)N1CCC(COc2ccc3nccn3n2)CC1. The molecule has 0 radical (unpaired) electrons. The van der Waals surface area contributed by atoms with Gasteiger partial charge < -0.3 is 14.2 Å². The summed E-state index contributed by atoms with van der Waals surface area (Å²) < 4.78 is 12.9. The number of nitrogens with zero attached hydrogens (tertiary/aromatic N) is 5. The summed E-state index contributed by atoms with van der Waals surface area (Å²) in [5, 5.41) is 8.36. The van der Waals surface area contributed by atoms with E-state index in [1.165, 1.54) is 0 Å². The fourth-order valence-corrected chi connectivity index (χ4v) is 3.66. The van der Waals surface area contributed by atoms with E-state index in [1.54, 1.807) is 23.0 Å². The third-order valence-electron chi connectivity index (χ3n) is 5.39. The number of carbonyl (C=O) groups is 1. The summed E-state index contributed by atoms with van der Waals surface area (Å²) in [6, 6.07) is 15.1. The fraction of sp³-hybridized carbons (Fsp3) is 0.273. The smallest absolute Gasteiger partial charge is 0.276 e. The van der Waals surface area contributed by atoms with Crippen molar-refractivity contribution in [1.29, 1.82) is 0 Å². The van der Waals surface area contributed by atoms with Crippen LogP contribution in [0.5, 0.6) is 5.88 Å². The van der Waals surface area contributed by atoms with Gasteiger partial charge in [-0.25, -0.2) is 9.50 Å². The molecule has 8 heteroatoms. The van der Waals surface area contributed by atoms with Crippen LogP contribution in [-0.2, 0) is 0 Å². The fourth-order valence-electron chi connectivity index (χ4n) is 3.66. The Morgan fingerprint density at radius 1 is 1.13 bits per heavy atom. The van der Waals surface area contributed by atoms with Crippen molar-refractivity contribution >= 4 is 11.6 Å². The first-order valence-corrected chi connectivity index (χ1v) is 10.0. The van der Waals surface area contributed by atoms with Crippen LogP contribution < -0.4 is 4.74 Å². The van der Waals surface area contributed by atoms with Crippen LogP contribution in [0.15, 0.2) is 65.4 Å². The molecule has 3 aromatic heterocycles. The molecule has 0 bridgehead atoms. The van der Waals surface area contributed by atoms with Gasteiger partial charge in [-0.3, -0.25) is 4.79 Å². The molecule has 0 atom stereocenters. The molecule has 30 heavy (non-hydrogen) atoms. The minimum Gasteiger partial charge on any atom is -0.476 e. The number of fused-ring (bicyclic) bond motifs is 1. The zero-order valence-corrected chi connectivity index (χ0v) is 16.3. The molecular weight excluding hydrogens is 382 g/mol. The average Bonchev–Trinajstić information content (AvgIpc) is 3.48. The van der Waals surface area contributed by atoms with Crippen LogP contribution in [-0.4, -0.2) is 50.3 Å². The molecule has 0 aliphatic carbocycles. The summed E-state index contributed by atoms with van der Waals surface area (Å²) in [5.41, 5.74) is 2.04. The van der Waals surface area contributed by atoms with Gasteiger partial charge in [0.05, 0.1) is 6.61 Å². The van der Waals surface area contributed by atoms with Crippen LogP contribution in [0.25, 0.3) is 17.0 Å². The number of likely N-dealkylation sites (tertiary alicyclic amines) is 1. The highest BCUT2D eigenvalue weighted by Gasteiger charge is 2.26. The molecule has 0 N–H and O–H groups in total. The molecule has 8 nitrogen and oxygen atoms in total. The van der Waals surface area contributed by atoms with E-state index in [0.29, 0.717) is 42.9 Å². The summed E-state index contributed by atoms with van der Waals surface area (Å²) in [6.07, 6.45) is 5.25.